The quantitative estimate of drug-likeness (QED) is 0.150. The fraction of sp³-hybridized carbons (Fsp3) is 0.147. The number of nitrogens with one attached hydrogen (secondary N) is 1. The summed E-state index contributed by atoms with van der Waals surface area (Å²) >= 11 is 0. The van der Waals surface area contributed by atoms with Gasteiger partial charge in [0.05, 0.1) is 12.3 Å². The Hall–Kier alpha value is -5.17. The molecule has 7 heteroatoms. The molecule has 0 unspecified atom stereocenters. The van der Waals surface area contributed by atoms with Crippen molar-refractivity contribution in [3.63, 3.8) is 0 Å². The van der Waals surface area contributed by atoms with Crippen LogP contribution in [0.4, 0.5) is 5.69 Å². The molecule has 2 amide bonds. The minimum absolute atomic E-state index is 0.205. The molecule has 4 aromatic carbocycles. The van der Waals surface area contributed by atoms with E-state index >= 15 is 0 Å². The number of nitrogens with zero attached hydrogens (tertiary/aromatic N) is 1. The number of hydrogen-bond donors (Lipinski definition) is 2. The van der Waals surface area contributed by atoms with Crippen LogP contribution in [0.25, 0.3) is 11.0 Å². The van der Waals surface area contributed by atoms with Crippen molar-refractivity contribution in [3.8, 4) is 11.5 Å². The maximum Gasteiger partial charge on any atom is 0.277 e. The van der Waals surface area contributed by atoms with Crippen LogP contribution < -0.4 is 10.1 Å². The molecule has 0 saturated heterocycles. The second-order valence-corrected chi connectivity index (χ2v) is 9.45. The Morgan fingerprint density at radius 2 is 1.66 bits per heavy atom. The average molecular weight is 549 g/mol. The van der Waals surface area contributed by atoms with Crippen molar-refractivity contribution < 1.29 is 23.8 Å². The second-order valence-electron chi connectivity index (χ2n) is 9.45. The van der Waals surface area contributed by atoms with Gasteiger partial charge in [0.25, 0.3) is 5.91 Å². The third kappa shape index (κ3) is 8.66. The van der Waals surface area contributed by atoms with E-state index in [1.54, 1.807) is 30.3 Å². The van der Waals surface area contributed by atoms with Gasteiger partial charge in [-0.3, -0.25) is 9.59 Å². The van der Waals surface area contributed by atoms with Crippen LogP contribution in [0.3, 0.4) is 0 Å². The number of rotatable bonds is 9. The summed E-state index contributed by atoms with van der Waals surface area (Å²) in [7, 11) is 0. The molecular formula is C34H32N2O5. The summed E-state index contributed by atoms with van der Waals surface area (Å²) in [4.78, 5) is 27.8. The Morgan fingerprint density at radius 1 is 0.927 bits per heavy atom. The van der Waals surface area contributed by atoms with E-state index in [1.165, 1.54) is 5.39 Å². The zero-order chi connectivity index (χ0) is 29.0. The van der Waals surface area contributed by atoms with E-state index < -0.39 is 0 Å². The summed E-state index contributed by atoms with van der Waals surface area (Å²) in [5.41, 5.74) is 4.61. The number of aryl methyl sites for hydroxylation is 1. The van der Waals surface area contributed by atoms with Crippen LogP contribution in [0.1, 0.15) is 34.2 Å². The Balaban J connectivity index is 0.000000322. The SMILES string of the molecule is CC(Cc1ccccc1)=NC(=O)c1ccc(NC=O)c(OCCc2ccc(O)cc2)c1.Cc1cc2ccccc2o1. The number of ether oxygens (including phenoxy) is 1. The van der Waals surface area contributed by atoms with Crippen LogP contribution >= 0.6 is 0 Å². The lowest BCUT2D eigenvalue weighted by Crippen LogP contribution is -2.07. The van der Waals surface area contributed by atoms with Gasteiger partial charge in [0.2, 0.25) is 6.41 Å². The zero-order valence-corrected chi connectivity index (χ0v) is 23.0. The van der Waals surface area contributed by atoms with Gasteiger partial charge in [-0.1, -0.05) is 60.7 Å². The molecule has 5 rings (SSSR count). The largest absolute Gasteiger partial charge is 0.508 e. The van der Waals surface area contributed by atoms with Crippen LogP contribution in [-0.2, 0) is 17.6 Å². The molecule has 1 heterocycles. The molecule has 0 aliphatic heterocycles. The Morgan fingerprint density at radius 3 is 2.39 bits per heavy atom. The van der Waals surface area contributed by atoms with E-state index in [0.29, 0.717) is 48.6 Å². The molecule has 0 saturated carbocycles. The average Bonchev–Trinajstić information content (AvgIpc) is 3.36. The van der Waals surface area contributed by atoms with Crippen molar-refractivity contribution in [2.24, 2.45) is 4.99 Å². The van der Waals surface area contributed by atoms with Gasteiger partial charge in [0, 0.05) is 29.5 Å². The molecule has 0 spiro atoms. The van der Waals surface area contributed by atoms with Gasteiger partial charge < -0.3 is 19.6 Å². The molecule has 41 heavy (non-hydrogen) atoms. The number of furan rings is 1. The number of aromatic hydroxyl groups is 1. The number of phenols is 1. The summed E-state index contributed by atoms with van der Waals surface area (Å²) in [6.45, 7) is 4.12. The van der Waals surface area contributed by atoms with Crippen molar-refractivity contribution in [1.29, 1.82) is 0 Å². The highest BCUT2D eigenvalue weighted by Crippen LogP contribution is 2.26. The number of carbonyl (C=O) groups is 2. The molecule has 7 nitrogen and oxygen atoms in total. The number of anilines is 1. The number of phenolic OH excluding ortho intramolecular Hbond substituents is 1. The number of amides is 2. The second kappa shape index (κ2) is 14.3. The van der Waals surface area contributed by atoms with Crippen molar-refractivity contribution in [3.05, 3.63) is 126 Å². The van der Waals surface area contributed by atoms with Gasteiger partial charge in [-0.2, -0.15) is 0 Å². The van der Waals surface area contributed by atoms with E-state index in [2.05, 4.69) is 10.3 Å². The molecule has 2 N–H and O–H groups in total. The molecule has 208 valence electrons. The van der Waals surface area contributed by atoms with Crippen LogP contribution in [0.15, 0.2) is 113 Å². The maximum atomic E-state index is 12.6. The maximum absolute atomic E-state index is 12.6. The lowest BCUT2D eigenvalue weighted by Gasteiger charge is -2.12. The number of fused-ring (bicyclic) bond motifs is 1. The summed E-state index contributed by atoms with van der Waals surface area (Å²) in [6, 6.07) is 31.5. The fourth-order valence-electron chi connectivity index (χ4n) is 4.18. The third-order valence-corrected chi connectivity index (χ3v) is 6.17. The van der Waals surface area contributed by atoms with E-state index in [-0.39, 0.29) is 11.7 Å². The fourth-order valence-corrected chi connectivity index (χ4v) is 4.18. The normalized spacial score (nSPS) is 10.9. The monoisotopic (exact) mass is 548 g/mol. The van der Waals surface area contributed by atoms with Crippen molar-refractivity contribution in [2.45, 2.75) is 26.7 Å². The summed E-state index contributed by atoms with van der Waals surface area (Å²) < 4.78 is 11.2. The Kier molecular flexibility index (Phi) is 10.0. The number of para-hydroxylation sites is 1. The first-order valence-corrected chi connectivity index (χ1v) is 13.2. The highest BCUT2D eigenvalue weighted by molar-refractivity contribution is 6.04. The van der Waals surface area contributed by atoms with Crippen molar-refractivity contribution in [2.75, 3.05) is 11.9 Å². The molecular weight excluding hydrogens is 516 g/mol. The molecule has 0 aliphatic rings. The Bertz CT molecular complexity index is 1590. The number of carbonyl (C=O) groups excluding carboxylic acids is 2. The molecule has 5 aromatic rings. The van der Waals surface area contributed by atoms with Gasteiger partial charge in [0.1, 0.15) is 22.8 Å². The number of aliphatic imine (C=N–C) groups is 1. The smallest absolute Gasteiger partial charge is 0.277 e. The number of benzene rings is 4. The Labute approximate surface area is 239 Å². The molecule has 1 aromatic heterocycles. The molecule has 0 bridgehead atoms. The first-order chi connectivity index (χ1) is 19.9. The van der Waals surface area contributed by atoms with E-state index in [1.807, 2.05) is 86.6 Å². The van der Waals surface area contributed by atoms with Gasteiger partial charge in [-0.15, -0.1) is 0 Å². The van der Waals surface area contributed by atoms with Crippen LogP contribution in [0, 0.1) is 6.92 Å². The van der Waals surface area contributed by atoms with Gasteiger partial charge >= 0.3 is 0 Å². The molecule has 0 aliphatic carbocycles. The van der Waals surface area contributed by atoms with Crippen LogP contribution in [0.5, 0.6) is 11.5 Å². The minimum Gasteiger partial charge on any atom is -0.508 e. The first-order valence-electron chi connectivity index (χ1n) is 13.2. The summed E-state index contributed by atoms with van der Waals surface area (Å²) in [5.74, 6) is 1.21. The van der Waals surface area contributed by atoms with Crippen molar-refractivity contribution >= 4 is 34.7 Å². The first kappa shape index (κ1) is 28.8. The van der Waals surface area contributed by atoms with E-state index in [9.17, 15) is 14.7 Å². The molecule has 0 fully saturated rings. The predicted molar refractivity (Wildman–Crippen MR) is 162 cm³/mol. The minimum atomic E-state index is -0.366. The van der Waals surface area contributed by atoms with E-state index in [4.69, 9.17) is 9.15 Å². The lowest BCUT2D eigenvalue weighted by molar-refractivity contribution is -0.105. The van der Waals surface area contributed by atoms with Gasteiger partial charge in [0.15, 0.2) is 0 Å². The number of hydrogen-bond acceptors (Lipinski definition) is 5. The highest BCUT2D eigenvalue weighted by Gasteiger charge is 2.11. The molecule has 0 radical (unpaired) electrons. The topological polar surface area (TPSA) is 101 Å². The van der Waals surface area contributed by atoms with Gasteiger partial charge in [-0.05, 0) is 67.4 Å². The highest BCUT2D eigenvalue weighted by atomic mass is 16.5. The van der Waals surface area contributed by atoms with Crippen LogP contribution in [-0.4, -0.2) is 29.7 Å². The standard InChI is InChI=1S/C25H24N2O4.C9H8O/c1-18(15-20-5-3-2-4-6-20)27-25(30)21-9-12-23(26-17-28)24(16-21)31-14-13-19-7-10-22(29)11-8-19;1-7-6-8-4-2-3-5-9(8)10-7/h2-12,16-17,29H,13-15H2,1H3,(H,26,28);2-6H,1H3. The lowest BCUT2D eigenvalue weighted by atomic mass is 10.1. The van der Waals surface area contributed by atoms with Crippen molar-refractivity contribution in [1.82, 2.24) is 0 Å². The zero-order valence-electron chi connectivity index (χ0n) is 23.0. The summed E-state index contributed by atoms with van der Waals surface area (Å²) in [6.07, 6.45) is 1.76. The third-order valence-electron chi connectivity index (χ3n) is 6.17. The predicted octanol–water partition coefficient (Wildman–Crippen LogP) is 7.17. The van der Waals surface area contributed by atoms with Gasteiger partial charge in [-0.25, -0.2) is 4.99 Å². The van der Waals surface area contributed by atoms with E-state index in [0.717, 1.165) is 22.5 Å². The van der Waals surface area contributed by atoms with Crippen LogP contribution in [0.2, 0.25) is 0 Å². The molecule has 0 atom stereocenters. The summed E-state index contributed by atoms with van der Waals surface area (Å²) in [5, 5.41) is 13.1.